The van der Waals surface area contributed by atoms with E-state index in [1.165, 1.54) is 20.3 Å². The van der Waals surface area contributed by atoms with E-state index in [2.05, 4.69) is 21.2 Å². The first kappa shape index (κ1) is 30.0. The van der Waals surface area contributed by atoms with Crippen molar-refractivity contribution in [2.24, 2.45) is 0 Å². The minimum atomic E-state index is -4.65. The largest absolute Gasteiger partial charge is 0.495 e. The molecule has 41 heavy (non-hydrogen) atoms. The molecule has 1 heterocycles. The summed E-state index contributed by atoms with van der Waals surface area (Å²) in [6.07, 6.45) is -3.18. The van der Waals surface area contributed by atoms with Gasteiger partial charge in [0.25, 0.3) is 11.1 Å². The van der Waals surface area contributed by atoms with Crippen LogP contribution in [0.5, 0.6) is 17.2 Å². The monoisotopic (exact) mass is 650 g/mol. The molecule has 0 atom stereocenters. The van der Waals surface area contributed by atoms with E-state index in [1.807, 2.05) is 30.3 Å². The number of hydrogen-bond acceptors (Lipinski definition) is 7. The Morgan fingerprint density at radius 2 is 1.73 bits per heavy atom. The molecular formula is C28H22BrF3N2O6S. The predicted octanol–water partition coefficient (Wildman–Crippen LogP) is 6.74. The van der Waals surface area contributed by atoms with Crippen molar-refractivity contribution in [3.05, 3.63) is 86.7 Å². The molecule has 0 aromatic heterocycles. The molecule has 1 aliphatic rings. The topological polar surface area (TPSA) is 94.2 Å². The number of methoxy groups -OCH3 is 2. The summed E-state index contributed by atoms with van der Waals surface area (Å²) in [7, 11) is 2.70. The number of ether oxygens (including phenoxy) is 3. The highest BCUT2D eigenvalue weighted by molar-refractivity contribution is 9.10. The highest BCUT2D eigenvalue weighted by Crippen LogP contribution is 2.40. The smallest absolute Gasteiger partial charge is 0.416 e. The maximum atomic E-state index is 13.1. The number of thioether (sulfide) groups is 1. The number of amides is 3. The average Bonchev–Trinajstić information content (AvgIpc) is 3.19. The number of imide groups is 1. The maximum Gasteiger partial charge on any atom is 0.416 e. The number of nitrogens with zero attached hydrogens (tertiary/aromatic N) is 1. The van der Waals surface area contributed by atoms with E-state index in [0.717, 1.165) is 17.7 Å². The van der Waals surface area contributed by atoms with Gasteiger partial charge in [0.05, 0.1) is 34.8 Å². The normalized spacial score (nSPS) is 14.4. The molecule has 1 saturated heterocycles. The Labute approximate surface area is 245 Å². The average molecular weight is 651 g/mol. The van der Waals surface area contributed by atoms with Crippen molar-refractivity contribution in [2.75, 3.05) is 26.1 Å². The van der Waals surface area contributed by atoms with Gasteiger partial charge >= 0.3 is 6.18 Å². The van der Waals surface area contributed by atoms with Gasteiger partial charge in [-0.1, -0.05) is 30.3 Å². The van der Waals surface area contributed by atoms with Gasteiger partial charge < -0.3 is 19.5 Å². The number of benzene rings is 3. The molecule has 214 valence electrons. The molecular weight excluding hydrogens is 629 g/mol. The number of carbonyl (C=O) groups excluding carboxylic acids is 3. The fourth-order valence-corrected chi connectivity index (χ4v) is 5.21. The van der Waals surface area contributed by atoms with Gasteiger partial charge in [-0.15, -0.1) is 0 Å². The van der Waals surface area contributed by atoms with Crippen LogP contribution in [0.4, 0.5) is 23.7 Å². The summed E-state index contributed by atoms with van der Waals surface area (Å²) in [5.41, 5.74) is 0.223. The third-order valence-corrected chi connectivity index (χ3v) is 7.25. The third-order valence-electron chi connectivity index (χ3n) is 5.75. The summed E-state index contributed by atoms with van der Waals surface area (Å²) in [4.78, 5) is 38.9. The first-order valence-electron chi connectivity index (χ1n) is 11.8. The summed E-state index contributed by atoms with van der Waals surface area (Å²) in [5.74, 6) is -0.796. The van der Waals surface area contributed by atoms with Crippen LogP contribution < -0.4 is 19.5 Å². The van der Waals surface area contributed by atoms with Crippen LogP contribution in [0.3, 0.4) is 0 Å². The number of nitrogens with one attached hydrogen (secondary N) is 1. The number of anilines is 1. The highest BCUT2D eigenvalue weighted by Gasteiger charge is 2.37. The first-order valence-corrected chi connectivity index (χ1v) is 13.5. The van der Waals surface area contributed by atoms with Crippen LogP contribution in [-0.4, -0.2) is 42.7 Å². The van der Waals surface area contributed by atoms with Gasteiger partial charge in [0, 0.05) is 0 Å². The number of hydrogen-bond donors (Lipinski definition) is 1. The minimum Gasteiger partial charge on any atom is -0.495 e. The Hall–Kier alpha value is -3.97. The van der Waals surface area contributed by atoms with Crippen molar-refractivity contribution < 1.29 is 41.8 Å². The van der Waals surface area contributed by atoms with E-state index in [4.69, 9.17) is 14.2 Å². The van der Waals surface area contributed by atoms with Gasteiger partial charge in [-0.05, 0) is 75.2 Å². The standard InChI is InChI=1S/C28H22BrF3N2O6S/c1-38-21-9-8-18(28(30,31)32)13-20(21)33-24(35)14-34-26(36)23(41-27(34)37)12-17-10-19(29)25(22(11-17)39-2)40-15-16-6-4-3-5-7-16/h3-13H,14-15H2,1-2H3,(H,33,35)/b23-12-. The lowest BCUT2D eigenvalue weighted by atomic mass is 10.1. The molecule has 3 amide bonds. The SMILES string of the molecule is COc1ccc(C(F)(F)F)cc1NC(=O)CN1C(=O)S/C(=C\c2cc(Br)c(OCc3ccccc3)c(OC)c2)C1=O. The molecule has 8 nitrogen and oxygen atoms in total. The summed E-state index contributed by atoms with van der Waals surface area (Å²) >= 11 is 4.08. The predicted molar refractivity (Wildman–Crippen MR) is 151 cm³/mol. The lowest BCUT2D eigenvalue weighted by Gasteiger charge is -2.16. The van der Waals surface area contributed by atoms with E-state index in [1.54, 1.807) is 12.1 Å². The second-order valence-electron chi connectivity index (χ2n) is 8.54. The van der Waals surface area contributed by atoms with Crippen LogP contribution in [0.15, 0.2) is 70.0 Å². The Kier molecular flexibility index (Phi) is 9.28. The van der Waals surface area contributed by atoms with Crippen LogP contribution in [0.2, 0.25) is 0 Å². The second kappa shape index (κ2) is 12.7. The van der Waals surface area contributed by atoms with Crippen LogP contribution in [0, 0.1) is 0 Å². The molecule has 0 spiro atoms. The van der Waals surface area contributed by atoms with Gasteiger partial charge in [0.15, 0.2) is 11.5 Å². The number of rotatable bonds is 9. The molecule has 0 saturated carbocycles. The lowest BCUT2D eigenvalue weighted by Crippen LogP contribution is -2.36. The minimum absolute atomic E-state index is 0.0175. The third kappa shape index (κ3) is 7.22. The molecule has 1 fully saturated rings. The van der Waals surface area contributed by atoms with Crippen molar-refractivity contribution >= 4 is 56.5 Å². The Balaban J connectivity index is 1.48. The fourth-order valence-electron chi connectivity index (χ4n) is 3.80. The van der Waals surface area contributed by atoms with Crippen molar-refractivity contribution in [1.29, 1.82) is 0 Å². The van der Waals surface area contributed by atoms with Crippen molar-refractivity contribution in [1.82, 2.24) is 4.90 Å². The van der Waals surface area contributed by atoms with Gasteiger partial charge in [0.2, 0.25) is 5.91 Å². The molecule has 4 rings (SSSR count). The van der Waals surface area contributed by atoms with Gasteiger partial charge in [-0.25, -0.2) is 0 Å². The molecule has 0 aliphatic carbocycles. The molecule has 0 unspecified atom stereocenters. The van der Waals surface area contributed by atoms with E-state index >= 15 is 0 Å². The van der Waals surface area contributed by atoms with Crippen molar-refractivity contribution in [3.8, 4) is 17.2 Å². The van der Waals surface area contributed by atoms with Gasteiger partial charge in [0.1, 0.15) is 18.9 Å². The van der Waals surface area contributed by atoms with Gasteiger partial charge in [-0.2, -0.15) is 13.2 Å². The highest BCUT2D eigenvalue weighted by atomic mass is 79.9. The summed E-state index contributed by atoms with van der Waals surface area (Å²) in [6, 6.07) is 15.4. The molecule has 0 radical (unpaired) electrons. The second-order valence-corrected chi connectivity index (χ2v) is 10.4. The van der Waals surface area contributed by atoms with Crippen molar-refractivity contribution in [2.45, 2.75) is 12.8 Å². The molecule has 3 aromatic carbocycles. The molecule has 0 bridgehead atoms. The quantitative estimate of drug-likeness (QED) is 0.256. The molecule has 3 aromatic rings. The van der Waals surface area contributed by atoms with Crippen LogP contribution in [0.25, 0.3) is 6.08 Å². The van der Waals surface area contributed by atoms with E-state index in [-0.39, 0.29) is 16.3 Å². The van der Waals surface area contributed by atoms with Crippen LogP contribution in [-0.2, 0) is 22.4 Å². The fraction of sp³-hybridized carbons (Fsp3) is 0.179. The first-order chi connectivity index (χ1) is 19.5. The van der Waals surface area contributed by atoms with E-state index in [0.29, 0.717) is 50.9 Å². The Morgan fingerprint density at radius 1 is 1.02 bits per heavy atom. The van der Waals surface area contributed by atoms with E-state index in [9.17, 15) is 27.6 Å². The zero-order chi connectivity index (χ0) is 29.7. The van der Waals surface area contributed by atoms with Crippen molar-refractivity contribution in [3.63, 3.8) is 0 Å². The molecule has 1 aliphatic heterocycles. The molecule has 1 N–H and O–H groups in total. The summed E-state index contributed by atoms with van der Waals surface area (Å²) < 4.78 is 56.3. The van der Waals surface area contributed by atoms with E-state index < -0.39 is 35.3 Å². The number of alkyl halides is 3. The summed E-state index contributed by atoms with van der Waals surface area (Å²) in [5, 5.41) is 1.58. The maximum absolute atomic E-state index is 13.1. The Bertz CT molecular complexity index is 1510. The van der Waals surface area contributed by atoms with Gasteiger partial charge in [-0.3, -0.25) is 19.3 Å². The lowest BCUT2D eigenvalue weighted by molar-refractivity contribution is -0.137. The zero-order valence-electron chi connectivity index (χ0n) is 21.6. The van der Waals surface area contributed by atoms with Crippen LogP contribution >= 0.6 is 27.7 Å². The number of carbonyl (C=O) groups is 3. The molecule has 13 heteroatoms. The Morgan fingerprint density at radius 3 is 2.39 bits per heavy atom. The van der Waals surface area contributed by atoms with Crippen LogP contribution in [0.1, 0.15) is 16.7 Å². The number of halogens is 4. The zero-order valence-corrected chi connectivity index (χ0v) is 24.0. The summed E-state index contributed by atoms with van der Waals surface area (Å²) in [6.45, 7) is -0.414.